The van der Waals surface area contributed by atoms with Crippen molar-refractivity contribution in [1.82, 2.24) is 0 Å². The predicted octanol–water partition coefficient (Wildman–Crippen LogP) is 1.27. The Morgan fingerprint density at radius 1 is 0.917 bits per heavy atom. The molecule has 2 atom stereocenters. The summed E-state index contributed by atoms with van der Waals surface area (Å²) in [4.78, 5) is 0. The van der Waals surface area contributed by atoms with E-state index < -0.39 is 18.8 Å². The van der Waals surface area contributed by atoms with E-state index in [1.165, 1.54) is 6.21 Å². The topological polar surface area (TPSA) is 109 Å². The summed E-state index contributed by atoms with van der Waals surface area (Å²) in [5, 5.41) is 36.7. The quantitative estimate of drug-likeness (QED) is 0.370. The lowest BCUT2D eigenvalue weighted by molar-refractivity contribution is 0.0193. The van der Waals surface area contributed by atoms with E-state index in [1.54, 1.807) is 12.1 Å². The van der Waals surface area contributed by atoms with E-state index in [0.29, 0.717) is 5.69 Å². The minimum Gasteiger partial charge on any atom is -0.394 e. The molecule has 0 bridgehead atoms. The van der Waals surface area contributed by atoms with Gasteiger partial charge in [-0.1, -0.05) is 36.4 Å². The van der Waals surface area contributed by atoms with E-state index in [-0.39, 0.29) is 5.71 Å². The molecular weight excluding hydrogens is 308 g/mol. The van der Waals surface area contributed by atoms with Crippen LogP contribution in [0.15, 0.2) is 70.9 Å². The molecule has 0 amide bonds. The molecule has 0 spiro atoms. The molecule has 0 saturated carbocycles. The first-order valence-corrected chi connectivity index (χ1v) is 7.40. The largest absolute Gasteiger partial charge is 0.394 e. The number of nitrogens with zero attached hydrogens (tertiary/aromatic N) is 2. The number of aliphatic hydroxyl groups excluding tert-OH is 3. The summed E-state index contributed by atoms with van der Waals surface area (Å²) in [6.07, 6.45) is -1.45. The van der Waals surface area contributed by atoms with Gasteiger partial charge in [0.2, 0.25) is 0 Å². The van der Waals surface area contributed by atoms with Gasteiger partial charge < -0.3 is 15.3 Å². The average molecular weight is 328 g/mol. The molecule has 0 heterocycles. The normalized spacial score (nSPS) is 14.4. The van der Waals surface area contributed by atoms with Crippen LogP contribution in [0, 0.1) is 0 Å². The smallest absolute Gasteiger partial charge is 0.127 e. The van der Waals surface area contributed by atoms with Crippen molar-refractivity contribution in [2.24, 2.45) is 10.2 Å². The fraction of sp³-hybridized carbons (Fsp3) is 0.176. The highest BCUT2D eigenvalue weighted by atomic mass is 16.4. The van der Waals surface area contributed by atoms with E-state index in [9.17, 15) is 10.2 Å². The van der Waals surface area contributed by atoms with Crippen LogP contribution in [0.1, 0.15) is 0 Å². The number of hydrogen-bond acceptors (Lipinski definition) is 7. The van der Waals surface area contributed by atoms with Crippen LogP contribution < -0.4 is 10.9 Å². The lowest BCUT2D eigenvalue weighted by Gasteiger charge is -2.15. The van der Waals surface area contributed by atoms with Crippen molar-refractivity contribution < 1.29 is 15.3 Å². The van der Waals surface area contributed by atoms with Crippen LogP contribution in [-0.2, 0) is 0 Å². The Balaban J connectivity index is 2.10. The van der Waals surface area contributed by atoms with Crippen molar-refractivity contribution in [3.8, 4) is 0 Å². The number of para-hydroxylation sites is 2. The third-order valence-corrected chi connectivity index (χ3v) is 3.11. The summed E-state index contributed by atoms with van der Waals surface area (Å²) in [5.74, 6) is 0. The Bertz CT molecular complexity index is 662. The second kappa shape index (κ2) is 9.41. The molecule has 2 rings (SSSR count). The van der Waals surface area contributed by atoms with Gasteiger partial charge in [-0.15, -0.1) is 0 Å². The highest BCUT2D eigenvalue weighted by Gasteiger charge is 2.20. The van der Waals surface area contributed by atoms with Gasteiger partial charge in [0.25, 0.3) is 0 Å². The zero-order valence-electron chi connectivity index (χ0n) is 12.9. The predicted molar refractivity (Wildman–Crippen MR) is 95.2 cm³/mol. The maximum Gasteiger partial charge on any atom is 0.127 e. The summed E-state index contributed by atoms with van der Waals surface area (Å²) >= 11 is 0. The second-order valence-electron chi connectivity index (χ2n) is 4.95. The molecule has 0 aliphatic rings. The van der Waals surface area contributed by atoms with E-state index in [4.69, 9.17) is 5.11 Å². The van der Waals surface area contributed by atoms with Crippen molar-refractivity contribution >= 4 is 23.3 Å². The van der Waals surface area contributed by atoms with Gasteiger partial charge in [0.15, 0.2) is 0 Å². The molecule has 7 nitrogen and oxygen atoms in total. The van der Waals surface area contributed by atoms with E-state index in [0.717, 1.165) is 5.69 Å². The zero-order valence-corrected chi connectivity index (χ0v) is 12.9. The molecule has 0 aliphatic carbocycles. The number of nitrogens with one attached hydrogen (secondary N) is 2. The SMILES string of the molecule is OC[C@@H](O)[C@@H](O)C(/C=N\Nc1ccccc1)=N/Nc1ccccc1. The minimum atomic E-state index is -1.38. The third-order valence-electron chi connectivity index (χ3n) is 3.11. The number of anilines is 2. The van der Waals surface area contributed by atoms with E-state index in [2.05, 4.69) is 21.1 Å². The maximum absolute atomic E-state index is 10.1. The molecule has 0 saturated heterocycles. The Hall–Kier alpha value is -2.74. The summed E-state index contributed by atoms with van der Waals surface area (Å²) in [6.45, 7) is -0.592. The van der Waals surface area contributed by atoms with Gasteiger partial charge in [0.05, 0.1) is 24.2 Å². The fourth-order valence-corrected chi connectivity index (χ4v) is 1.80. The van der Waals surface area contributed by atoms with Crippen LogP contribution in [0.2, 0.25) is 0 Å². The fourth-order valence-electron chi connectivity index (χ4n) is 1.80. The zero-order chi connectivity index (χ0) is 17.2. The Kier molecular flexibility index (Phi) is 6.91. The molecule has 126 valence electrons. The van der Waals surface area contributed by atoms with Gasteiger partial charge in [-0.3, -0.25) is 10.9 Å². The van der Waals surface area contributed by atoms with E-state index in [1.807, 2.05) is 48.5 Å². The molecule has 5 N–H and O–H groups in total. The molecular formula is C17H20N4O3. The van der Waals surface area contributed by atoms with Gasteiger partial charge in [-0.2, -0.15) is 10.2 Å². The third kappa shape index (κ3) is 5.47. The molecule has 2 aromatic carbocycles. The number of hydrogen-bond donors (Lipinski definition) is 5. The molecule has 0 unspecified atom stereocenters. The van der Waals surface area contributed by atoms with Gasteiger partial charge in [0.1, 0.15) is 17.9 Å². The van der Waals surface area contributed by atoms with Gasteiger partial charge in [0, 0.05) is 0 Å². The Labute approximate surface area is 140 Å². The van der Waals surface area contributed by atoms with Gasteiger partial charge >= 0.3 is 0 Å². The van der Waals surface area contributed by atoms with Gasteiger partial charge in [-0.05, 0) is 24.3 Å². The van der Waals surface area contributed by atoms with Crippen molar-refractivity contribution in [3.05, 3.63) is 60.7 Å². The van der Waals surface area contributed by atoms with E-state index >= 15 is 0 Å². The average Bonchev–Trinajstić information content (AvgIpc) is 2.65. The highest BCUT2D eigenvalue weighted by Crippen LogP contribution is 2.06. The first-order valence-electron chi connectivity index (χ1n) is 7.40. The number of rotatable bonds is 8. The molecule has 0 aromatic heterocycles. The van der Waals surface area contributed by atoms with Crippen LogP contribution in [0.5, 0.6) is 0 Å². The molecule has 7 heteroatoms. The molecule has 0 radical (unpaired) electrons. The molecule has 0 aliphatic heterocycles. The standard InChI is InChI=1S/C17H20N4O3/c22-12-16(23)17(24)15(21-20-14-9-5-2-6-10-14)11-18-19-13-7-3-1-4-8-13/h1-11,16-17,19-20,22-24H,12H2/b18-11-,21-15+/t16-,17+/m1/s1. The number of benzene rings is 2. The first-order chi connectivity index (χ1) is 11.7. The molecule has 0 fully saturated rings. The van der Waals surface area contributed by atoms with Crippen molar-refractivity contribution in [1.29, 1.82) is 0 Å². The van der Waals surface area contributed by atoms with Gasteiger partial charge in [-0.25, -0.2) is 0 Å². The summed E-state index contributed by atoms with van der Waals surface area (Å²) < 4.78 is 0. The van der Waals surface area contributed by atoms with Crippen LogP contribution >= 0.6 is 0 Å². The van der Waals surface area contributed by atoms with Crippen LogP contribution in [-0.4, -0.2) is 46.1 Å². The monoisotopic (exact) mass is 328 g/mol. The second-order valence-corrected chi connectivity index (χ2v) is 4.95. The lowest BCUT2D eigenvalue weighted by Crippen LogP contribution is -2.37. The van der Waals surface area contributed by atoms with Crippen molar-refractivity contribution in [2.45, 2.75) is 12.2 Å². The maximum atomic E-state index is 10.1. The van der Waals surface area contributed by atoms with Crippen molar-refractivity contribution in [3.63, 3.8) is 0 Å². The Morgan fingerprint density at radius 3 is 2.00 bits per heavy atom. The number of hydrazone groups is 2. The van der Waals surface area contributed by atoms with Crippen LogP contribution in [0.3, 0.4) is 0 Å². The minimum absolute atomic E-state index is 0.0730. The Morgan fingerprint density at radius 2 is 1.46 bits per heavy atom. The van der Waals surface area contributed by atoms with Crippen LogP contribution in [0.25, 0.3) is 0 Å². The number of aliphatic hydroxyl groups is 3. The van der Waals surface area contributed by atoms with Crippen LogP contribution in [0.4, 0.5) is 11.4 Å². The molecule has 2 aromatic rings. The summed E-state index contributed by atoms with van der Waals surface area (Å²) in [6, 6.07) is 18.4. The summed E-state index contributed by atoms with van der Waals surface area (Å²) in [7, 11) is 0. The molecule has 24 heavy (non-hydrogen) atoms. The lowest BCUT2D eigenvalue weighted by atomic mass is 10.1. The highest BCUT2D eigenvalue weighted by molar-refractivity contribution is 6.33. The van der Waals surface area contributed by atoms with Crippen molar-refractivity contribution in [2.75, 3.05) is 17.5 Å². The first kappa shape index (κ1) is 17.6. The summed E-state index contributed by atoms with van der Waals surface area (Å²) in [5.41, 5.74) is 7.11.